The molecule has 1 amide bonds. The van der Waals surface area contributed by atoms with Gasteiger partial charge in [0, 0.05) is 49.2 Å². The Labute approximate surface area is 183 Å². The molecule has 2 aromatic carbocycles. The molecule has 0 unspecified atom stereocenters. The molecule has 0 spiro atoms. The van der Waals surface area contributed by atoms with Gasteiger partial charge in [-0.3, -0.25) is 9.69 Å². The summed E-state index contributed by atoms with van der Waals surface area (Å²) in [7, 11) is 1.31. The van der Waals surface area contributed by atoms with Gasteiger partial charge in [0.2, 0.25) is 0 Å². The fraction of sp³-hybridized carbons (Fsp3) is 0.417. The largest absolute Gasteiger partial charge is 0.482 e. The highest BCUT2D eigenvalue weighted by atomic mass is 16.6. The van der Waals surface area contributed by atoms with Crippen LogP contribution in [0.1, 0.15) is 29.8 Å². The number of benzene rings is 2. The topological polar surface area (TPSA) is 71.1 Å². The van der Waals surface area contributed by atoms with Gasteiger partial charge < -0.3 is 19.7 Å². The normalized spacial score (nSPS) is 14.4. The number of aryl methyl sites for hydroxylation is 1. The SMILES string of the molecule is COC(=O)COc1ccc(NC(=O)c2ccc(N3CCN(C(C)C)CC3)cc2)c(C)c1. The Kier molecular flexibility index (Phi) is 7.52. The first kappa shape index (κ1) is 22.6. The van der Waals surface area contributed by atoms with Crippen LogP contribution >= 0.6 is 0 Å². The lowest BCUT2D eigenvalue weighted by molar-refractivity contribution is -0.142. The van der Waals surface area contributed by atoms with Gasteiger partial charge in [-0.1, -0.05) is 0 Å². The molecule has 166 valence electrons. The molecule has 3 rings (SSSR count). The third-order valence-corrected chi connectivity index (χ3v) is 5.57. The molecule has 0 aromatic heterocycles. The van der Waals surface area contributed by atoms with Crippen molar-refractivity contribution in [1.82, 2.24) is 4.90 Å². The quantitative estimate of drug-likeness (QED) is 0.686. The summed E-state index contributed by atoms with van der Waals surface area (Å²) in [4.78, 5) is 28.7. The van der Waals surface area contributed by atoms with Crippen LogP contribution in [-0.2, 0) is 9.53 Å². The highest BCUT2D eigenvalue weighted by Crippen LogP contribution is 2.23. The van der Waals surface area contributed by atoms with Gasteiger partial charge in [0.05, 0.1) is 7.11 Å². The van der Waals surface area contributed by atoms with Gasteiger partial charge in [0.1, 0.15) is 5.75 Å². The van der Waals surface area contributed by atoms with Crippen LogP contribution in [0.4, 0.5) is 11.4 Å². The summed E-state index contributed by atoms with van der Waals surface area (Å²) in [6, 6.07) is 13.6. The van der Waals surface area contributed by atoms with E-state index in [2.05, 4.69) is 33.7 Å². The van der Waals surface area contributed by atoms with Gasteiger partial charge in [-0.25, -0.2) is 4.79 Å². The van der Waals surface area contributed by atoms with Crippen molar-refractivity contribution in [2.24, 2.45) is 0 Å². The molecule has 1 aliphatic heterocycles. The third-order valence-electron chi connectivity index (χ3n) is 5.57. The van der Waals surface area contributed by atoms with Gasteiger partial charge in [0.25, 0.3) is 5.91 Å². The average molecular weight is 426 g/mol. The van der Waals surface area contributed by atoms with E-state index in [-0.39, 0.29) is 12.5 Å². The molecule has 1 N–H and O–H groups in total. The molecule has 2 aromatic rings. The number of piperazine rings is 1. The number of esters is 1. The van der Waals surface area contributed by atoms with E-state index in [9.17, 15) is 9.59 Å². The number of carbonyl (C=O) groups is 2. The molecule has 7 heteroatoms. The molecular weight excluding hydrogens is 394 g/mol. The van der Waals surface area contributed by atoms with Crippen LogP contribution in [0.25, 0.3) is 0 Å². The molecule has 1 heterocycles. The fourth-order valence-corrected chi connectivity index (χ4v) is 3.58. The summed E-state index contributed by atoms with van der Waals surface area (Å²) >= 11 is 0. The summed E-state index contributed by atoms with van der Waals surface area (Å²) < 4.78 is 9.94. The minimum Gasteiger partial charge on any atom is -0.482 e. The zero-order valence-electron chi connectivity index (χ0n) is 18.7. The Balaban J connectivity index is 1.58. The van der Waals surface area contributed by atoms with Crippen LogP contribution < -0.4 is 15.0 Å². The number of anilines is 2. The fourth-order valence-electron chi connectivity index (χ4n) is 3.58. The van der Waals surface area contributed by atoms with E-state index in [4.69, 9.17) is 4.74 Å². The van der Waals surface area contributed by atoms with E-state index in [1.54, 1.807) is 18.2 Å². The summed E-state index contributed by atoms with van der Waals surface area (Å²) in [6.45, 7) is 10.3. The van der Waals surface area contributed by atoms with Crippen molar-refractivity contribution < 1.29 is 19.1 Å². The second-order valence-electron chi connectivity index (χ2n) is 7.96. The Morgan fingerprint density at radius 2 is 1.71 bits per heavy atom. The number of ether oxygens (including phenoxy) is 2. The first-order valence-electron chi connectivity index (χ1n) is 10.6. The molecule has 0 atom stereocenters. The summed E-state index contributed by atoms with van der Waals surface area (Å²) in [5.41, 5.74) is 3.29. The average Bonchev–Trinajstić information content (AvgIpc) is 2.79. The Morgan fingerprint density at radius 1 is 1.03 bits per heavy atom. The maximum atomic E-state index is 12.7. The van der Waals surface area contributed by atoms with E-state index in [0.717, 1.165) is 37.4 Å². The van der Waals surface area contributed by atoms with E-state index >= 15 is 0 Å². The molecule has 31 heavy (non-hydrogen) atoms. The second-order valence-corrected chi connectivity index (χ2v) is 7.96. The highest BCUT2D eigenvalue weighted by Gasteiger charge is 2.19. The molecule has 0 saturated carbocycles. The first-order valence-corrected chi connectivity index (χ1v) is 10.6. The van der Waals surface area contributed by atoms with E-state index in [1.165, 1.54) is 7.11 Å². The number of methoxy groups -OCH3 is 1. The van der Waals surface area contributed by atoms with E-state index in [1.807, 2.05) is 31.2 Å². The molecule has 0 radical (unpaired) electrons. The van der Waals surface area contributed by atoms with E-state index in [0.29, 0.717) is 23.0 Å². The van der Waals surface area contributed by atoms with Crippen LogP contribution in [0.3, 0.4) is 0 Å². The summed E-state index contributed by atoms with van der Waals surface area (Å²) in [6.07, 6.45) is 0. The number of nitrogens with zero attached hydrogens (tertiary/aromatic N) is 2. The van der Waals surface area contributed by atoms with Crippen LogP contribution in [0.2, 0.25) is 0 Å². The number of nitrogens with one attached hydrogen (secondary N) is 1. The minimum atomic E-state index is -0.444. The van der Waals surface area contributed by atoms with E-state index < -0.39 is 5.97 Å². The zero-order chi connectivity index (χ0) is 22.4. The van der Waals surface area contributed by atoms with Gasteiger partial charge >= 0.3 is 5.97 Å². The lowest BCUT2D eigenvalue weighted by atomic mass is 10.1. The van der Waals surface area contributed by atoms with Crippen LogP contribution in [-0.4, -0.2) is 62.7 Å². The Hall–Kier alpha value is -3.06. The molecule has 1 saturated heterocycles. The maximum absolute atomic E-state index is 12.7. The summed E-state index contributed by atoms with van der Waals surface area (Å²) in [5.74, 6) is -0.0643. The molecule has 0 bridgehead atoms. The standard InChI is InChI=1S/C24H31N3O4/c1-17(2)26-11-13-27(14-12-26)20-7-5-19(6-8-20)24(29)25-22-10-9-21(15-18(22)3)31-16-23(28)30-4/h5-10,15,17H,11-14,16H2,1-4H3,(H,25,29). The van der Waals surface area contributed by atoms with Crippen molar-refractivity contribution in [1.29, 1.82) is 0 Å². The second kappa shape index (κ2) is 10.3. The molecule has 0 aliphatic carbocycles. The molecule has 1 aliphatic rings. The highest BCUT2D eigenvalue weighted by molar-refractivity contribution is 6.04. The predicted molar refractivity (Wildman–Crippen MR) is 122 cm³/mol. The molecule has 7 nitrogen and oxygen atoms in total. The Morgan fingerprint density at radius 3 is 2.29 bits per heavy atom. The van der Waals surface area contributed by atoms with Gasteiger partial charge in [0.15, 0.2) is 6.61 Å². The lowest BCUT2D eigenvalue weighted by Crippen LogP contribution is -2.48. The van der Waals surface area contributed by atoms with Crippen molar-refractivity contribution in [2.75, 3.05) is 50.1 Å². The summed E-state index contributed by atoms with van der Waals surface area (Å²) in [5, 5.41) is 2.94. The van der Waals surface area contributed by atoms with Crippen LogP contribution in [0.5, 0.6) is 5.75 Å². The van der Waals surface area contributed by atoms with Crippen LogP contribution in [0, 0.1) is 6.92 Å². The van der Waals surface area contributed by atoms with Gasteiger partial charge in [-0.05, 0) is 68.8 Å². The molecular formula is C24H31N3O4. The molecule has 1 fully saturated rings. The van der Waals surface area contributed by atoms with Crippen molar-refractivity contribution in [2.45, 2.75) is 26.8 Å². The third kappa shape index (κ3) is 5.98. The number of amides is 1. The number of rotatable bonds is 7. The Bertz CT molecular complexity index is 904. The predicted octanol–water partition coefficient (Wildman–Crippen LogP) is 3.33. The lowest BCUT2D eigenvalue weighted by Gasteiger charge is -2.38. The zero-order valence-corrected chi connectivity index (χ0v) is 18.7. The van der Waals surface area contributed by atoms with Gasteiger partial charge in [-0.15, -0.1) is 0 Å². The number of hydrogen-bond acceptors (Lipinski definition) is 6. The van der Waals surface area contributed by atoms with Crippen molar-refractivity contribution >= 4 is 23.3 Å². The van der Waals surface area contributed by atoms with Crippen molar-refractivity contribution in [3.8, 4) is 5.75 Å². The monoisotopic (exact) mass is 425 g/mol. The van der Waals surface area contributed by atoms with Crippen molar-refractivity contribution in [3.63, 3.8) is 0 Å². The smallest absolute Gasteiger partial charge is 0.343 e. The maximum Gasteiger partial charge on any atom is 0.343 e. The minimum absolute atomic E-state index is 0.152. The number of carbonyl (C=O) groups excluding carboxylic acids is 2. The first-order chi connectivity index (χ1) is 14.9. The van der Waals surface area contributed by atoms with Crippen LogP contribution in [0.15, 0.2) is 42.5 Å². The van der Waals surface area contributed by atoms with Crippen molar-refractivity contribution in [3.05, 3.63) is 53.6 Å². The number of hydrogen-bond donors (Lipinski definition) is 1. The van der Waals surface area contributed by atoms with Gasteiger partial charge in [-0.2, -0.15) is 0 Å².